The Balaban J connectivity index is 1.82. The largest absolute Gasteiger partial charge is 0.493 e. The normalized spacial score (nSPS) is 23.2. The summed E-state index contributed by atoms with van der Waals surface area (Å²) in [7, 11) is 0. The minimum Gasteiger partial charge on any atom is -0.493 e. The lowest BCUT2D eigenvalue weighted by molar-refractivity contribution is 0.193. The summed E-state index contributed by atoms with van der Waals surface area (Å²) >= 11 is 6.25. The van der Waals surface area contributed by atoms with Gasteiger partial charge in [0.2, 0.25) is 0 Å². The van der Waals surface area contributed by atoms with Gasteiger partial charge >= 0.3 is 0 Å². The second-order valence-electron chi connectivity index (χ2n) is 5.86. The Hall–Kier alpha value is -0.770. The molecular formula is C16H23ClN2O. The molecule has 2 aliphatic heterocycles. The summed E-state index contributed by atoms with van der Waals surface area (Å²) in [5.41, 5.74) is 8.44. The van der Waals surface area contributed by atoms with Crippen molar-refractivity contribution in [3.05, 3.63) is 28.3 Å². The zero-order valence-corrected chi connectivity index (χ0v) is 12.7. The highest BCUT2D eigenvalue weighted by atomic mass is 35.5. The number of hydrogen-bond donors (Lipinski definition) is 1. The number of rotatable bonds is 3. The molecule has 20 heavy (non-hydrogen) atoms. The van der Waals surface area contributed by atoms with Crippen LogP contribution >= 0.6 is 11.6 Å². The maximum Gasteiger partial charge on any atom is 0.127 e. The molecule has 2 N–H and O–H groups in total. The van der Waals surface area contributed by atoms with Gasteiger partial charge in [-0.05, 0) is 37.1 Å². The summed E-state index contributed by atoms with van der Waals surface area (Å²) in [5.74, 6) is 1.06. The lowest BCUT2D eigenvalue weighted by Crippen LogP contribution is -2.39. The van der Waals surface area contributed by atoms with Crippen molar-refractivity contribution in [2.45, 2.75) is 44.7 Å². The fourth-order valence-corrected chi connectivity index (χ4v) is 3.66. The van der Waals surface area contributed by atoms with Crippen LogP contribution in [0.4, 0.5) is 0 Å². The number of nitrogens with zero attached hydrogens (tertiary/aromatic N) is 1. The maximum atomic E-state index is 6.25. The second kappa shape index (κ2) is 6.33. The molecule has 0 radical (unpaired) electrons. The minimum absolute atomic E-state index is 0.494. The van der Waals surface area contributed by atoms with Gasteiger partial charge in [0.25, 0.3) is 0 Å². The molecule has 3 nitrogen and oxygen atoms in total. The third-order valence-corrected chi connectivity index (χ3v) is 4.69. The van der Waals surface area contributed by atoms with Crippen LogP contribution < -0.4 is 10.5 Å². The van der Waals surface area contributed by atoms with Crippen LogP contribution in [0.5, 0.6) is 5.75 Å². The zero-order valence-electron chi connectivity index (χ0n) is 11.9. The van der Waals surface area contributed by atoms with E-state index < -0.39 is 0 Å². The summed E-state index contributed by atoms with van der Waals surface area (Å²) < 4.78 is 5.81. The Labute approximate surface area is 126 Å². The molecule has 2 aliphatic rings. The van der Waals surface area contributed by atoms with E-state index in [9.17, 15) is 0 Å². The molecule has 0 aliphatic carbocycles. The average Bonchev–Trinajstić information content (AvgIpc) is 2.78. The Morgan fingerprint density at radius 2 is 2.20 bits per heavy atom. The Kier molecular flexibility index (Phi) is 4.49. The third kappa shape index (κ3) is 2.95. The van der Waals surface area contributed by atoms with Crippen molar-refractivity contribution in [1.82, 2.24) is 4.90 Å². The van der Waals surface area contributed by atoms with Crippen molar-refractivity contribution in [2.24, 2.45) is 5.73 Å². The summed E-state index contributed by atoms with van der Waals surface area (Å²) in [6, 6.07) is 4.59. The fraction of sp³-hybridized carbons (Fsp3) is 0.625. The standard InChI is InChI=1S/C16H23ClN2O/c17-14-8-12-5-7-20-16(12)13(9-14)11-19-6-3-1-2-4-15(19)10-18/h8-9,15H,1-7,10-11,18H2. The lowest BCUT2D eigenvalue weighted by atomic mass is 10.1. The van der Waals surface area contributed by atoms with E-state index in [1.807, 2.05) is 6.07 Å². The van der Waals surface area contributed by atoms with Crippen LogP contribution in [-0.2, 0) is 13.0 Å². The summed E-state index contributed by atoms with van der Waals surface area (Å²) in [4.78, 5) is 2.51. The van der Waals surface area contributed by atoms with Crippen LogP contribution in [0, 0.1) is 0 Å². The van der Waals surface area contributed by atoms with Crippen LogP contribution in [-0.4, -0.2) is 30.6 Å². The molecule has 0 saturated carbocycles. The molecule has 1 fully saturated rings. The zero-order chi connectivity index (χ0) is 13.9. The summed E-state index contributed by atoms with van der Waals surface area (Å²) in [6.07, 6.45) is 6.06. The molecule has 3 rings (SSSR count). The van der Waals surface area contributed by atoms with E-state index in [4.69, 9.17) is 22.1 Å². The van der Waals surface area contributed by atoms with E-state index in [0.717, 1.165) is 43.4 Å². The molecule has 0 aromatic heterocycles. The van der Waals surface area contributed by atoms with E-state index in [-0.39, 0.29) is 0 Å². The Bertz CT molecular complexity index is 478. The molecule has 110 valence electrons. The SMILES string of the molecule is NCC1CCCCCN1Cc1cc(Cl)cc2c1OCC2. The number of likely N-dealkylation sites (tertiary alicyclic amines) is 1. The summed E-state index contributed by atoms with van der Waals surface area (Å²) in [6.45, 7) is 3.56. The van der Waals surface area contributed by atoms with Gasteiger partial charge in [-0.25, -0.2) is 0 Å². The van der Waals surface area contributed by atoms with Gasteiger partial charge in [-0.2, -0.15) is 0 Å². The highest BCUT2D eigenvalue weighted by Crippen LogP contribution is 2.34. The number of benzene rings is 1. The Morgan fingerprint density at radius 3 is 3.05 bits per heavy atom. The predicted molar refractivity (Wildman–Crippen MR) is 82.4 cm³/mol. The van der Waals surface area contributed by atoms with Crippen LogP contribution in [0.2, 0.25) is 5.02 Å². The van der Waals surface area contributed by atoms with Gasteiger partial charge in [0, 0.05) is 36.1 Å². The topological polar surface area (TPSA) is 38.5 Å². The molecule has 0 bridgehead atoms. The maximum absolute atomic E-state index is 6.25. The van der Waals surface area contributed by atoms with E-state index in [1.165, 1.54) is 36.8 Å². The molecule has 1 aromatic carbocycles. The minimum atomic E-state index is 0.494. The van der Waals surface area contributed by atoms with Gasteiger partial charge in [0.15, 0.2) is 0 Å². The predicted octanol–water partition coefficient (Wildman–Crippen LogP) is 2.98. The lowest BCUT2D eigenvalue weighted by Gasteiger charge is -2.29. The first-order chi connectivity index (χ1) is 9.78. The van der Waals surface area contributed by atoms with Crippen LogP contribution in [0.3, 0.4) is 0 Å². The van der Waals surface area contributed by atoms with Gasteiger partial charge in [0.05, 0.1) is 6.61 Å². The van der Waals surface area contributed by atoms with Crippen LogP contribution in [0.25, 0.3) is 0 Å². The molecule has 1 unspecified atom stereocenters. The van der Waals surface area contributed by atoms with Gasteiger partial charge in [-0.1, -0.05) is 24.4 Å². The van der Waals surface area contributed by atoms with Crippen molar-refractivity contribution in [2.75, 3.05) is 19.7 Å². The van der Waals surface area contributed by atoms with Gasteiger partial charge < -0.3 is 10.5 Å². The first-order valence-electron chi connectivity index (χ1n) is 7.66. The van der Waals surface area contributed by atoms with Crippen molar-refractivity contribution < 1.29 is 4.74 Å². The molecule has 1 atom stereocenters. The highest BCUT2D eigenvalue weighted by Gasteiger charge is 2.23. The highest BCUT2D eigenvalue weighted by molar-refractivity contribution is 6.30. The number of ether oxygens (including phenoxy) is 1. The van der Waals surface area contributed by atoms with Crippen molar-refractivity contribution in [3.8, 4) is 5.75 Å². The quantitative estimate of drug-likeness (QED) is 0.931. The van der Waals surface area contributed by atoms with Crippen molar-refractivity contribution in [3.63, 3.8) is 0 Å². The number of hydrogen-bond acceptors (Lipinski definition) is 3. The molecular weight excluding hydrogens is 272 g/mol. The van der Waals surface area contributed by atoms with Gasteiger partial charge in [-0.15, -0.1) is 0 Å². The molecule has 4 heteroatoms. The first kappa shape index (κ1) is 14.2. The molecule has 1 saturated heterocycles. The molecule has 0 amide bonds. The smallest absolute Gasteiger partial charge is 0.127 e. The average molecular weight is 295 g/mol. The summed E-state index contributed by atoms with van der Waals surface area (Å²) in [5, 5.41) is 0.823. The van der Waals surface area contributed by atoms with Crippen molar-refractivity contribution in [1.29, 1.82) is 0 Å². The van der Waals surface area contributed by atoms with Crippen molar-refractivity contribution >= 4 is 11.6 Å². The van der Waals surface area contributed by atoms with Crippen LogP contribution in [0.1, 0.15) is 36.8 Å². The second-order valence-corrected chi connectivity index (χ2v) is 6.30. The molecule has 0 spiro atoms. The van der Waals surface area contributed by atoms with Crippen LogP contribution in [0.15, 0.2) is 12.1 Å². The van der Waals surface area contributed by atoms with Gasteiger partial charge in [0.1, 0.15) is 5.75 Å². The van der Waals surface area contributed by atoms with Gasteiger partial charge in [-0.3, -0.25) is 4.90 Å². The first-order valence-corrected chi connectivity index (χ1v) is 8.04. The number of nitrogens with two attached hydrogens (primary N) is 1. The Morgan fingerprint density at radius 1 is 1.30 bits per heavy atom. The molecule has 1 aromatic rings. The van der Waals surface area contributed by atoms with E-state index in [0.29, 0.717) is 6.04 Å². The van der Waals surface area contributed by atoms with E-state index in [2.05, 4.69) is 11.0 Å². The van der Waals surface area contributed by atoms with E-state index in [1.54, 1.807) is 0 Å². The number of fused-ring (bicyclic) bond motifs is 1. The monoisotopic (exact) mass is 294 g/mol. The fourth-order valence-electron chi connectivity index (χ4n) is 3.39. The van der Waals surface area contributed by atoms with E-state index >= 15 is 0 Å². The number of halogens is 1. The molecule has 2 heterocycles. The third-order valence-electron chi connectivity index (χ3n) is 4.47.